The molecule has 10 heteroatoms. The number of nitrogens with zero attached hydrogens (tertiary/aromatic N) is 4. The highest BCUT2D eigenvalue weighted by Gasteiger charge is 2.30. The van der Waals surface area contributed by atoms with E-state index in [-0.39, 0.29) is 18.2 Å². The molecule has 3 aromatic carbocycles. The van der Waals surface area contributed by atoms with Crippen molar-refractivity contribution in [2.75, 3.05) is 24.6 Å². The lowest BCUT2D eigenvalue weighted by atomic mass is 10.0. The Hall–Kier alpha value is -4.14. The van der Waals surface area contributed by atoms with Crippen molar-refractivity contribution in [1.82, 2.24) is 14.9 Å². The lowest BCUT2D eigenvalue weighted by Gasteiger charge is -2.27. The Kier molecular flexibility index (Phi) is 11.1. The van der Waals surface area contributed by atoms with Gasteiger partial charge in [0.2, 0.25) is 5.95 Å². The largest absolute Gasteiger partial charge is 0.493 e. The number of hydrogen-bond donors (Lipinski definition) is 1. The molecule has 240 valence electrons. The van der Waals surface area contributed by atoms with E-state index in [0.29, 0.717) is 47.1 Å². The second-order valence-corrected chi connectivity index (χ2v) is 12.8. The van der Waals surface area contributed by atoms with Crippen LogP contribution < -0.4 is 9.64 Å². The van der Waals surface area contributed by atoms with E-state index in [4.69, 9.17) is 32.9 Å². The highest BCUT2D eigenvalue weighted by Crippen LogP contribution is 2.35. The number of ether oxygens (including phenoxy) is 1. The maximum absolute atomic E-state index is 14.0. The maximum Gasteiger partial charge on any atom is 0.323 e. The number of aromatic nitrogens is 2. The van der Waals surface area contributed by atoms with E-state index in [1.165, 1.54) is 4.90 Å². The molecular weight excluding hydrogens is 623 g/mol. The molecule has 2 heterocycles. The van der Waals surface area contributed by atoms with Crippen LogP contribution in [0, 0.1) is 5.92 Å². The molecule has 4 aromatic rings. The molecule has 0 unspecified atom stereocenters. The summed E-state index contributed by atoms with van der Waals surface area (Å²) in [5.41, 5.74) is 3.82. The summed E-state index contributed by atoms with van der Waals surface area (Å²) in [5.74, 6) is 0.240. The Morgan fingerprint density at radius 1 is 0.957 bits per heavy atom. The molecule has 1 aliphatic heterocycles. The van der Waals surface area contributed by atoms with Gasteiger partial charge in [-0.3, -0.25) is 9.59 Å². The molecular formula is C36H38Cl2N4O4. The minimum Gasteiger partial charge on any atom is -0.493 e. The number of benzene rings is 3. The summed E-state index contributed by atoms with van der Waals surface area (Å²) < 4.78 is 5.84. The van der Waals surface area contributed by atoms with Gasteiger partial charge in [-0.2, -0.15) is 0 Å². The number of amides is 1. The van der Waals surface area contributed by atoms with Crippen LogP contribution in [0.1, 0.15) is 65.5 Å². The lowest BCUT2D eigenvalue weighted by molar-refractivity contribution is -0.137. The molecule has 1 atom stereocenters. The number of rotatable bonds is 13. The minimum absolute atomic E-state index is 0.0819. The molecule has 8 nitrogen and oxygen atoms in total. The molecule has 0 spiro atoms. The summed E-state index contributed by atoms with van der Waals surface area (Å²) >= 11 is 12.2. The molecule has 1 aliphatic rings. The zero-order valence-corrected chi connectivity index (χ0v) is 27.5. The third kappa shape index (κ3) is 8.77. The van der Waals surface area contributed by atoms with E-state index in [2.05, 4.69) is 23.7 Å². The van der Waals surface area contributed by atoms with Crippen LogP contribution in [0.15, 0.2) is 79.0 Å². The van der Waals surface area contributed by atoms with Crippen LogP contribution in [0.25, 0.3) is 0 Å². The van der Waals surface area contributed by atoms with Crippen LogP contribution in [0.2, 0.25) is 10.0 Å². The first-order chi connectivity index (χ1) is 22.2. The van der Waals surface area contributed by atoms with Crippen molar-refractivity contribution in [3.05, 3.63) is 117 Å². The van der Waals surface area contributed by atoms with Gasteiger partial charge in [0.25, 0.3) is 5.91 Å². The van der Waals surface area contributed by atoms with Crippen molar-refractivity contribution >= 4 is 41.0 Å². The first kappa shape index (κ1) is 33.2. The molecule has 1 fully saturated rings. The van der Waals surface area contributed by atoms with Crippen LogP contribution >= 0.6 is 23.2 Å². The Morgan fingerprint density at radius 3 is 2.26 bits per heavy atom. The highest BCUT2D eigenvalue weighted by atomic mass is 35.5. The molecule has 0 aliphatic carbocycles. The number of aliphatic carboxylic acids is 1. The Bertz CT molecular complexity index is 1630. The molecule has 1 saturated heterocycles. The zero-order valence-electron chi connectivity index (χ0n) is 26.0. The van der Waals surface area contributed by atoms with Crippen molar-refractivity contribution in [3.63, 3.8) is 0 Å². The molecule has 1 aromatic heterocycles. The molecule has 1 N–H and O–H groups in total. The van der Waals surface area contributed by atoms with Crippen LogP contribution in [-0.4, -0.2) is 51.5 Å². The van der Waals surface area contributed by atoms with Gasteiger partial charge in [0.05, 0.1) is 23.9 Å². The summed E-state index contributed by atoms with van der Waals surface area (Å²) in [6.07, 6.45) is 4.56. The fraction of sp³-hybridized carbons (Fsp3) is 0.333. The van der Waals surface area contributed by atoms with Crippen molar-refractivity contribution in [1.29, 1.82) is 0 Å². The lowest BCUT2D eigenvalue weighted by Crippen LogP contribution is -2.36. The number of anilines is 1. The van der Waals surface area contributed by atoms with Crippen LogP contribution in [0.5, 0.6) is 5.75 Å². The Labute approximate surface area is 280 Å². The number of carbonyl (C=O) groups is 2. The first-order valence-corrected chi connectivity index (χ1v) is 16.3. The SMILES string of the molecule is CC(C)COc1ccc(CCc2nc(N3CCC[C@H]3c3ccc(Cl)cc3)ncc2C(=O)N(CC(=O)O)Cc2ccc(Cl)cc2)cc1. The van der Waals surface area contributed by atoms with E-state index in [0.717, 1.165) is 41.8 Å². The molecule has 46 heavy (non-hydrogen) atoms. The second kappa shape index (κ2) is 15.4. The van der Waals surface area contributed by atoms with E-state index in [9.17, 15) is 14.7 Å². The molecule has 0 saturated carbocycles. The minimum atomic E-state index is -1.11. The number of carboxylic acid groups (broad SMARTS) is 1. The van der Waals surface area contributed by atoms with Gasteiger partial charge in [-0.25, -0.2) is 9.97 Å². The van der Waals surface area contributed by atoms with Gasteiger partial charge in [-0.05, 0) is 84.7 Å². The number of carbonyl (C=O) groups excluding carboxylic acids is 1. The topological polar surface area (TPSA) is 95.9 Å². The predicted octanol–water partition coefficient (Wildman–Crippen LogP) is 7.67. The third-order valence-corrected chi connectivity index (χ3v) is 8.41. The van der Waals surface area contributed by atoms with Gasteiger partial charge in [0.1, 0.15) is 12.3 Å². The number of aryl methyl sites for hydroxylation is 2. The Morgan fingerprint density at radius 2 is 1.61 bits per heavy atom. The molecule has 5 rings (SSSR count). The number of halogens is 2. The van der Waals surface area contributed by atoms with Crippen LogP contribution in [0.3, 0.4) is 0 Å². The van der Waals surface area contributed by atoms with Crippen molar-refractivity contribution in [3.8, 4) is 5.75 Å². The Balaban J connectivity index is 1.44. The van der Waals surface area contributed by atoms with Gasteiger partial charge in [-0.15, -0.1) is 0 Å². The summed E-state index contributed by atoms with van der Waals surface area (Å²) in [4.78, 5) is 39.0. The summed E-state index contributed by atoms with van der Waals surface area (Å²) in [6.45, 7) is 5.27. The molecule has 0 bridgehead atoms. The highest BCUT2D eigenvalue weighted by molar-refractivity contribution is 6.30. The quantitative estimate of drug-likeness (QED) is 0.157. The fourth-order valence-corrected chi connectivity index (χ4v) is 5.83. The van der Waals surface area contributed by atoms with Gasteiger partial charge in [0.15, 0.2) is 0 Å². The van der Waals surface area contributed by atoms with Crippen LogP contribution in [0.4, 0.5) is 5.95 Å². The number of hydrogen-bond acceptors (Lipinski definition) is 6. The van der Waals surface area contributed by atoms with Crippen molar-refractivity contribution < 1.29 is 19.4 Å². The monoisotopic (exact) mass is 660 g/mol. The number of carboxylic acids is 1. The van der Waals surface area contributed by atoms with Crippen molar-refractivity contribution in [2.45, 2.75) is 52.1 Å². The maximum atomic E-state index is 14.0. The van der Waals surface area contributed by atoms with Gasteiger partial charge in [0, 0.05) is 29.3 Å². The zero-order chi connectivity index (χ0) is 32.6. The van der Waals surface area contributed by atoms with Gasteiger partial charge in [-0.1, -0.05) is 73.4 Å². The van der Waals surface area contributed by atoms with E-state index in [1.54, 1.807) is 30.5 Å². The normalized spacial score (nSPS) is 14.5. The summed E-state index contributed by atoms with van der Waals surface area (Å²) in [6, 6.07) is 22.9. The molecule has 1 amide bonds. The average Bonchev–Trinajstić information content (AvgIpc) is 3.54. The van der Waals surface area contributed by atoms with E-state index >= 15 is 0 Å². The second-order valence-electron chi connectivity index (χ2n) is 12.0. The fourth-order valence-electron chi connectivity index (χ4n) is 5.57. The first-order valence-electron chi connectivity index (χ1n) is 15.5. The van der Waals surface area contributed by atoms with E-state index < -0.39 is 18.4 Å². The van der Waals surface area contributed by atoms with E-state index in [1.807, 2.05) is 48.5 Å². The molecule has 0 radical (unpaired) electrons. The van der Waals surface area contributed by atoms with Crippen LogP contribution in [-0.2, 0) is 24.2 Å². The smallest absolute Gasteiger partial charge is 0.323 e. The average molecular weight is 662 g/mol. The predicted molar refractivity (Wildman–Crippen MR) is 181 cm³/mol. The third-order valence-electron chi connectivity index (χ3n) is 7.91. The van der Waals surface area contributed by atoms with Crippen molar-refractivity contribution in [2.24, 2.45) is 5.92 Å². The summed E-state index contributed by atoms with van der Waals surface area (Å²) in [7, 11) is 0. The standard InChI is InChI=1S/C36H38Cl2N4O4/c1-24(2)23-46-30-16-7-25(8-17-30)9-18-32-31(35(45)41(22-34(43)44)21-26-5-12-28(37)13-6-26)20-39-36(40-32)42-19-3-4-33(42)27-10-14-29(38)15-11-27/h5-8,10-17,20,24,33H,3-4,9,18-19,21-23H2,1-2H3,(H,43,44)/t33-/m0/s1. The summed E-state index contributed by atoms with van der Waals surface area (Å²) in [5, 5.41) is 10.9. The van der Waals surface area contributed by atoms with Gasteiger partial charge >= 0.3 is 5.97 Å². The van der Waals surface area contributed by atoms with Gasteiger partial charge < -0.3 is 19.6 Å².